The molecule has 0 saturated carbocycles. The lowest BCUT2D eigenvalue weighted by molar-refractivity contribution is 0.219. The van der Waals surface area contributed by atoms with Gasteiger partial charge in [0.15, 0.2) is 5.65 Å². The number of hydrogen-bond acceptors (Lipinski definition) is 6. The van der Waals surface area contributed by atoms with E-state index in [4.69, 9.17) is 14.7 Å². The quantitative estimate of drug-likeness (QED) is 0.262. The van der Waals surface area contributed by atoms with Gasteiger partial charge in [-0.1, -0.05) is 40.7 Å². The number of benzene rings is 1. The van der Waals surface area contributed by atoms with E-state index in [1.807, 2.05) is 13.1 Å². The molecule has 1 aliphatic heterocycles. The van der Waals surface area contributed by atoms with Crippen LogP contribution < -0.4 is 4.74 Å². The summed E-state index contributed by atoms with van der Waals surface area (Å²) in [6.07, 6.45) is 8.26. The molecule has 0 bridgehead atoms. The first-order valence-corrected chi connectivity index (χ1v) is 15.9. The molecule has 2 aliphatic rings. The Hall–Kier alpha value is -3.32. The summed E-state index contributed by atoms with van der Waals surface area (Å²) in [5.74, 6) is 3.90. The number of H-pyrrole nitrogens is 1. The van der Waals surface area contributed by atoms with Crippen LogP contribution >= 0.6 is 0 Å². The van der Waals surface area contributed by atoms with Gasteiger partial charge in [-0.25, -0.2) is 19.9 Å². The maximum atomic E-state index is 6.39. The Morgan fingerprint density at radius 3 is 2.71 bits per heavy atom. The van der Waals surface area contributed by atoms with Crippen molar-refractivity contribution in [3.63, 3.8) is 0 Å². The van der Waals surface area contributed by atoms with Crippen LogP contribution in [-0.2, 0) is 32.2 Å². The predicted octanol–water partition coefficient (Wildman–Crippen LogP) is 6.90. The van der Waals surface area contributed by atoms with Crippen molar-refractivity contribution in [1.29, 1.82) is 0 Å². The fraction of sp³-hybridized carbons (Fsp3) is 0.543. The average Bonchev–Trinajstić information content (AvgIpc) is 3.34. The van der Waals surface area contributed by atoms with E-state index in [-0.39, 0.29) is 0 Å². The number of aromatic nitrogens is 5. The molecular weight excluding hydrogens is 520 g/mol. The molecule has 6 rings (SSSR count). The molecule has 1 N–H and O–H groups in total. The molecule has 0 spiro atoms. The standard InChI is InChI=1S/C35H46N6O/c1-7-41(8-2)21-33-39-29-11-13-35(5,6)19-28(29)30(40-33)17-24-12-14-42-32-10-9-25(16-26(32)15-22(24)3)27-18-31-34(36-20-27)38-23(4)37-31/h9-10,16,18,20,22,24H,7-8,11-15,17,19,21H2,1-6H3,(H,36,37,38). The normalized spacial score (nSPS) is 20.1. The van der Waals surface area contributed by atoms with Gasteiger partial charge in [-0.2, -0.15) is 0 Å². The molecule has 42 heavy (non-hydrogen) atoms. The van der Waals surface area contributed by atoms with Crippen LogP contribution in [-0.4, -0.2) is 49.5 Å². The highest BCUT2D eigenvalue weighted by Crippen LogP contribution is 2.38. The van der Waals surface area contributed by atoms with Crippen molar-refractivity contribution < 1.29 is 4.74 Å². The van der Waals surface area contributed by atoms with Gasteiger partial charge in [0, 0.05) is 23.1 Å². The zero-order chi connectivity index (χ0) is 29.4. The van der Waals surface area contributed by atoms with Crippen LogP contribution in [0.1, 0.15) is 81.6 Å². The fourth-order valence-corrected chi connectivity index (χ4v) is 6.87. The molecule has 2 atom stereocenters. The lowest BCUT2D eigenvalue weighted by Gasteiger charge is -2.34. The van der Waals surface area contributed by atoms with Crippen molar-refractivity contribution in [1.82, 2.24) is 29.8 Å². The van der Waals surface area contributed by atoms with Crippen molar-refractivity contribution in [3.8, 4) is 16.9 Å². The van der Waals surface area contributed by atoms with E-state index in [9.17, 15) is 0 Å². The number of nitrogens with zero attached hydrogens (tertiary/aromatic N) is 5. The number of hydrogen-bond donors (Lipinski definition) is 1. The molecule has 222 valence electrons. The molecule has 4 heterocycles. The zero-order valence-corrected chi connectivity index (χ0v) is 26.3. The van der Waals surface area contributed by atoms with Gasteiger partial charge in [-0.05, 0) is 111 Å². The van der Waals surface area contributed by atoms with E-state index in [1.54, 1.807) is 0 Å². The monoisotopic (exact) mass is 566 g/mol. The van der Waals surface area contributed by atoms with Crippen LogP contribution in [0.25, 0.3) is 22.3 Å². The Morgan fingerprint density at radius 2 is 1.90 bits per heavy atom. The summed E-state index contributed by atoms with van der Waals surface area (Å²) in [7, 11) is 0. The van der Waals surface area contributed by atoms with E-state index in [0.29, 0.717) is 17.3 Å². The van der Waals surface area contributed by atoms with Gasteiger partial charge in [0.25, 0.3) is 0 Å². The smallest absolute Gasteiger partial charge is 0.177 e. The molecule has 0 fully saturated rings. The molecule has 0 saturated heterocycles. The van der Waals surface area contributed by atoms with Gasteiger partial charge in [0.05, 0.1) is 18.7 Å². The van der Waals surface area contributed by atoms with Crippen molar-refractivity contribution in [2.45, 2.75) is 86.6 Å². The van der Waals surface area contributed by atoms with Crippen molar-refractivity contribution in [3.05, 3.63) is 64.6 Å². The minimum absolute atomic E-state index is 0.295. The molecule has 7 nitrogen and oxygen atoms in total. The van der Waals surface area contributed by atoms with Crippen LogP contribution in [0.3, 0.4) is 0 Å². The van der Waals surface area contributed by atoms with Gasteiger partial charge < -0.3 is 9.72 Å². The summed E-state index contributed by atoms with van der Waals surface area (Å²) in [6, 6.07) is 8.75. The van der Waals surface area contributed by atoms with Crippen LogP contribution in [0, 0.1) is 24.2 Å². The third kappa shape index (κ3) is 6.07. The third-order valence-electron chi connectivity index (χ3n) is 9.58. The molecule has 7 heteroatoms. The molecule has 0 radical (unpaired) electrons. The molecule has 2 unspecified atom stereocenters. The van der Waals surface area contributed by atoms with Crippen molar-refractivity contribution >= 4 is 11.2 Å². The minimum atomic E-state index is 0.295. The van der Waals surface area contributed by atoms with Crippen LogP contribution in [0.15, 0.2) is 30.5 Å². The molecule has 3 aromatic heterocycles. The summed E-state index contributed by atoms with van der Waals surface area (Å²) in [5, 5.41) is 0. The maximum absolute atomic E-state index is 6.39. The third-order valence-corrected chi connectivity index (χ3v) is 9.58. The number of aryl methyl sites for hydroxylation is 2. The van der Waals surface area contributed by atoms with Crippen LogP contribution in [0.2, 0.25) is 0 Å². The number of rotatable bonds is 7. The van der Waals surface area contributed by atoms with Crippen molar-refractivity contribution in [2.24, 2.45) is 17.3 Å². The number of pyridine rings is 1. The lowest BCUT2D eigenvalue weighted by atomic mass is 9.74. The summed E-state index contributed by atoms with van der Waals surface area (Å²) in [4.78, 5) is 25.2. The second-order valence-corrected chi connectivity index (χ2v) is 13.3. The number of imidazole rings is 1. The van der Waals surface area contributed by atoms with E-state index < -0.39 is 0 Å². The van der Waals surface area contributed by atoms with Gasteiger partial charge in [0.1, 0.15) is 17.4 Å². The Kier molecular flexibility index (Phi) is 8.05. The van der Waals surface area contributed by atoms with Crippen molar-refractivity contribution in [2.75, 3.05) is 19.7 Å². The second kappa shape index (κ2) is 11.8. The first-order chi connectivity index (χ1) is 20.2. The Morgan fingerprint density at radius 1 is 1.07 bits per heavy atom. The predicted molar refractivity (Wildman–Crippen MR) is 169 cm³/mol. The molecule has 1 aromatic carbocycles. The second-order valence-electron chi connectivity index (χ2n) is 13.3. The van der Waals surface area contributed by atoms with Gasteiger partial charge in [0.2, 0.25) is 0 Å². The number of aromatic amines is 1. The number of ether oxygens (including phenoxy) is 1. The Balaban J connectivity index is 1.27. The van der Waals surface area contributed by atoms with Gasteiger partial charge >= 0.3 is 0 Å². The fourth-order valence-electron chi connectivity index (χ4n) is 6.87. The topological polar surface area (TPSA) is 79.8 Å². The zero-order valence-electron chi connectivity index (χ0n) is 26.3. The first kappa shape index (κ1) is 28.8. The van der Waals surface area contributed by atoms with Crippen LogP contribution in [0.5, 0.6) is 5.75 Å². The van der Waals surface area contributed by atoms with Crippen LogP contribution in [0.4, 0.5) is 0 Å². The minimum Gasteiger partial charge on any atom is -0.493 e. The first-order valence-electron chi connectivity index (χ1n) is 15.9. The Labute approximate surface area is 250 Å². The SMILES string of the molecule is CCN(CC)Cc1nc2c(c(CC3CCOc4ccc(-c5cnc6nc(C)[nH]c6c5)cc4CC3C)n1)CC(C)(C)CC2. The maximum Gasteiger partial charge on any atom is 0.177 e. The van der Waals surface area contributed by atoms with E-state index in [0.717, 1.165) is 98.0 Å². The number of fused-ring (bicyclic) bond motifs is 3. The lowest BCUT2D eigenvalue weighted by Crippen LogP contribution is -2.30. The summed E-state index contributed by atoms with van der Waals surface area (Å²) < 4.78 is 6.39. The largest absolute Gasteiger partial charge is 0.493 e. The van der Waals surface area contributed by atoms with E-state index in [1.165, 1.54) is 28.9 Å². The highest BCUT2D eigenvalue weighted by molar-refractivity contribution is 5.78. The molecule has 0 amide bonds. The summed E-state index contributed by atoms with van der Waals surface area (Å²) in [5.41, 5.74) is 9.56. The van der Waals surface area contributed by atoms with E-state index >= 15 is 0 Å². The number of nitrogens with one attached hydrogen (secondary N) is 1. The summed E-state index contributed by atoms with van der Waals surface area (Å²) >= 11 is 0. The molecular formula is C35H46N6O. The van der Waals surface area contributed by atoms with Gasteiger partial charge in [-0.3, -0.25) is 4.90 Å². The summed E-state index contributed by atoms with van der Waals surface area (Å²) in [6.45, 7) is 17.2. The highest BCUT2D eigenvalue weighted by Gasteiger charge is 2.31. The van der Waals surface area contributed by atoms with Gasteiger partial charge in [-0.15, -0.1) is 0 Å². The average molecular weight is 567 g/mol. The molecule has 4 aromatic rings. The molecule has 1 aliphatic carbocycles. The van der Waals surface area contributed by atoms with E-state index in [2.05, 4.69) is 78.7 Å². The Bertz CT molecular complexity index is 1570. The highest BCUT2D eigenvalue weighted by atomic mass is 16.5.